The van der Waals surface area contributed by atoms with Crippen molar-refractivity contribution in [1.82, 2.24) is 0 Å². The largest absolute Gasteiger partial charge is 0.0841 e. The molecule has 0 bridgehead atoms. The van der Waals surface area contributed by atoms with E-state index in [9.17, 15) is 0 Å². The summed E-state index contributed by atoms with van der Waals surface area (Å²) in [6, 6.07) is 15.9. The summed E-state index contributed by atoms with van der Waals surface area (Å²) in [7, 11) is 0. The van der Waals surface area contributed by atoms with Crippen molar-refractivity contribution >= 4 is 11.1 Å². The summed E-state index contributed by atoms with van der Waals surface area (Å²) < 4.78 is 0. The fourth-order valence-corrected chi connectivity index (χ4v) is 3.35. The van der Waals surface area contributed by atoms with Gasteiger partial charge in [-0.3, -0.25) is 0 Å². The molecule has 2 aromatic carbocycles. The van der Waals surface area contributed by atoms with Crippen LogP contribution in [0.5, 0.6) is 0 Å². The summed E-state index contributed by atoms with van der Waals surface area (Å²) in [6.07, 6.45) is 5.69. The van der Waals surface area contributed by atoms with Gasteiger partial charge in [0.05, 0.1) is 0 Å². The van der Waals surface area contributed by atoms with Crippen LogP contribution in [0, 0.1) is 6.92 Å². The number of hydrogen-bond acceptors (Lipinski definition) is 0. The van der Waals surface area contributed by atoms with Gasteiger partial charge in [0, 0.05) is 0 Å². The zero-order valence-electron chi connectivity index (χ0n) is 14.9. The first-order chi connectivity index (χ1) is 10.9. The monoisotopic (exact) mass is 302 g/mol. The molecule has 0 amide bonds. The molecule has 0 saturated heterocycles. The van der Waals surface area contributed by atoms with Gasteiger partial charge in [0.25, 0.3) is 0 Å². The summed E-state index contributed by atoms with van der Waals surface area (Å²) >= 11 is 0. The molecule has 1 aliphatic carbocycles. The van der Waals surface area contributed by atoms with E-state index < -0.39 is 0 Å². The zero-order valence-corrected chi connectivity index (χ0v) is 14.9. The minimum Gasteiger partial charge on any atom is -0.0841 e. The van der Waals surface area contributed by atoms with E-state index in [0.29, 0.717) is 0 Å². The number of benzene rings is 2. The van der Waals surface area contributed by atoms with Crippen LogP contribution in [0.25, 0.3) is 11.1 Å². The highest BCUT2D eigenvalue weighted by molar-refractivity contribution is 5.85. The molecule has 1 aliphatic rings. The Labute approximate surface area is 140 Å². The summed E-state index contributed by atoms with van der Waals surface area (Å²) in [5.74, 6) is 0. The van der Waals surface area contributed by atoms with E-state index in [2.05, 4.69) is 89.2 Å². The SMILES string of the molecule is CC=C(C)c1ccc2c(c1)C(c1ccc(C)cc1)=CCC2(C)C. The van der Waals surface area contributed by atoms with Gasteiger partial charge in [0.1, 0.15) is 0 Å². The molecule has 2 aromatic rings. The Morgan fingerprint density at radius 1 is 1.04 bits per heavy atom. The van der Waals surface area contributed by atoms with Crippen LogP contribution in [0.4, 0.5) is 0 Å². The van der Waals surface area contributed by atoms with Gasteiger partial charge in [-0.1, -0.05) is 68.0 Å². The second kappa shape index (κ2) is 5.85. The quantitative estimate of drug-likeness (QED) is 0.591. The Morgan fingerprint density at radius 3 is 2.39 bits per heavy atom. The summed E-state index contributed by atoms with van der Waals surface area (Å²) in [5, 5.41) is 0. The molecule has 0 aromatic heterocycles. The van der Waals surface area contributed by atoms with Crippen molar-refractivity contribution in [2.45, 2.75) is 46.5 Å². The average Bonchev–Trinajstić information content (AvgIpc) is 2.55. The molecule has 0 heteroatoms. The maximum Gasteiger partial charge on any atom is -0.00626 e. The predicted octanol–water partition coefficient (Wildman–Crippen LogP) is 6.53. The molecule has 0 heterocycles. The van der Waals surface area contributed by atoms with Crippen LogP contribution in [0.1, 0.15) is 61.9 Å². The molecular weight excluding hydrogens is 276 g/mol. The van der Waals surface area contributed by atoms with E-state index in [1.165, 1.54) is 39.0 Å². The number of aryl methyl sites for hydroxylation is 1. The topological polar surface area (TPSA) is 0 Å². The molecule has 0 N–H and O–H groups in total. The molecule has 0 atom stereocenters. The van der Waals surface area contributed by atoms with Crippen LogP contribution in [0.15, 0.2) is 54.6 Å². The van der Waals surface area contributed by atoms with Gasteiger partial charge in [-0.05, 0) is 72.1 Å². The first kappa shape index (κ1) is 15.8. The molecule has 0 unspecified atom stereocenters. The molecule has 0 radical (unpaired) electrons. The van der Waals surface area contributed by atoms with Gasteiger partial charge >= 0.3 is 0 Å². The highest BCUT2D eigenvalue weighted by atomic mass is 14.3. The molecule has 23 heavy (non-hydrogen) atoms. The molecule has 0 aliphatic heterocycles. The van der Waals surface area contributed by atoms with Crippen molar-refractivity contribution < 1.29 is 0 Å². The van der Waals surface area contributed by atoms with Gasteiger partial charge in [-0.15, -0.1) is 0 Å². The summed E-state index contributed by atoms with van der Waals surface area (Å²) in [6.45, 7) is 11.1. The Balaban J connectivity index is 2.18. The van der Waals surface area contributed by atoms with Crippen molar-refractivity contribution in [2.24, 2.45) is 0 Å². The number of rotatable bonds is 2. The van der Waals surface area contributed by atoms with E-state index in [4.69, 9.17) is 0 Å². The van der Waals surface area contributed by atoms with Gasteiger partial charge < -0.3 is 0 Å². The van der Waals surface area contributed by atoms with E-state index >= 15 is 0 Å². The Bertz CT molecular complexity index is 783. The number of fused-ring (bicyclic) bond motifs is 1. The molecular formula is C23H26. The van der Waals surface area contributed by atoms with E-state index in [1.807, 2.05) is 0 Å². The van der Waals surface area contributed by atoms with Crippen LogP contribution in [0.3, 0.4) is 0 Å². The zero-order chi connectivity index (χ0) is 16.6. The van der Waals surface area contributed by atoms with Gasteiger partial charge in [-0.25, -0.2) is 0 Å². The Morgan fingerprint density at radius 2 is 1.74 bits per heavy atom. The highest BCUT2D eigenvalue weighted by Gasteiger charge is 2.28. The van der Waals surface area contributed by atoms with Crippen LogP contribution in [-0.2, 0) is 5.41 Å². The Hall–Kier alpha value is -2.08. The van der Waals surface area contributed by atoms with Gasteiger partial charge in [0.15, 0.2) is 0 Å². The van der Waals surface area contributed by atoms with Crippen molar-refractivity contribution in [2.75, 3.05) is 0 Å². The van der Waals surface area contributed by atoms with Crippen molar-refractivity contribution in [3.63, 3.8) is 0 Å². The maximum absolute atomic E-state index is 2.42. The van der Waals surface area contributed by atoms with Crippen molar-refractivity contribution in [1.29, 1.82) is 0 Å². The third kappa shape index (κ3) is 2.91. The van der Waals surface area contributed by atoms with Crippen LogP contribution in [0.2, 0.25) is 0 Å². The van der Waals surface area contributed by atoms with Crippen LogP contribution >= 0.6 is 0 Å². The average molecular weight is 302 g/mol. The minimum atomic E-state index is 0.200. The predicted molar refractivity (Wildman–Crippen MR) is 102 cm³/mol. The lowest BCUT2D eigenvalue weighted by Crippen LogP contribution is -2.22. The molecule has 3 rings (SSSR count). The maximum atomic E-state index is 2.42. The summed E-state index contributed by atoms with van der Waals surface area (Å²) in [5.41, 5.74) is 9.72. The fraction of sp³-hybridized carbons (Fsp3) is 0.304. The second-order valence-electron chi connectivity index (χ2n) is 7.30. The Kier molecular flexibility index (Phi) is 4.02. The first-order valence-electron chi connectivity index (χ1n) is 8.48. The second-order valence-corrected chi connectivity index (χ2v) is 7.30. The third-order valence-corrected chi connectivity index (χ3v) is 5.11. The van der Waals surface area contributed by atoms with Crippen LogP contribution < -0.4 is 0 Å². The fourth-order valence-electron chi connectivity index (χ4n) is 3.35. The van der Waals surface area contributed by atoms with Gasteiger partial charge in [0.2, 0.25) is 0 Å². The normalized spacial score (nSPS) is 16.7. The lowest BCUT2D eigenvalue weighted by atomic mass is 9.71. The van der Waals surface area contributed by atoms with Crippen LogP contribution in [-0.4, -0.2) is 0 Å². The third-order valence-electron chi connectivity index (χ3n) is 5.11. The van der Waals surface area contributed by atoms with E-state index in [-0.39, 0.29) is 5.41 Å². The standard InChI is InChI=1S/C23H26/c1-6-17(3)19-11-12-22-21(15-19)20(13-14-23(22,4)5)18-9-7-16(2)8-10-18/h6-13,15H,14H2,1-5H3. The molecule has 0 fully saturated rings. The number of hydrogen-bond donors (Lipinski definition) is 0. The lowest BCUT2D eigenvalue weighted by molar-refractivity contribution is 0.527. The van der Waals surface area contributed by atoms with Gasteiger partial charge in [-0.2, -0.15) is 0 Å². The van der Waals surface area contributed by atoms with E-state index in [1.54, 1.807) is 0 Å². The smallest absolute Gasteiger partial charge is 0.00626 e. The minimum absolute atomic E-state index is 0.200. The highest BCUT2D eigenvalue weighted by Crippen LogP contribution is 2.42. The van der Waals surface area contributed by atoms with Crippen molar-refractivity contribution in [3.05, 3.63) is 82.4 Å². The first-order valence-corrected chi connectivity index (χ1v) is 8.48. The number of allylic oxidation sites excluding steroid dienone is 3. The molecule has 0 saturated carbocycles. The molecule has 0 nitrogen and oxygen atoms in total. The molecule has 118 valence electrons. The summed E-state index contributed by atoms with van der Waals surface area (Å²) in [4.78, 5) is 0. The van der Waals surface area contributed by atoms with E-state index in [0.717, 1.165) is 6.42 Å². The lowest BCUT2D eigenvalue weighted by Gasteiger charge is -2.33. The molecule has 0 spiro atoms. The van der Waals surface area contributed by atoms with Crippen molar-refractivity contribution in [3.8, 4) is 0 Å².